The average Bonchev–Trinajstić information content (AvgIpc) is 2.22. The first-order valence-corrected chi connectivity index (χ1v) is 6.33. The number of pyridine rings is 1. The Balaban J connectivity index is 2.99. The number of nitrogens with zero attached hydrogens (tertiary/aromatic N) is 1. The molecule has 0 aliphatic rings. The number of likely N-dealkylation sites (N-methyl/N-ethyl adjacent to an activating group) is 1. The van der Waals surface area contributed by atoms with E-state index in [1.165, 1.54) is 0 Å². The van der Waals surface area contributed by atoms with Gasteiger partial charge >= 0.3 is 5.97 Å². The van der Waals surface area contributed by atoms with E-state index in [9.17, 15) is 4.79 Å². The highest BCUT2D eigenvalue weighted by molar-refractivity contribution is 9.11. The van der Waals surface area contributed by atoms with E-state index in [0.29, 0.717) is 12.3 Å². The van der Waals surface area contributed by atoms with Crippen LogP contribution in [0.5, 0.6) is 0 Å². The summed E-state index contributed by atoms with van der Waals surface area (Å²) in [6, 6.07) is 1.29. The van der Waals surface area contributed by atoms with Crippen molar-refractivity contribution >= 4 is 37.8 Å². The number of halogens is 2. The summed E-state index contributed by atoms with van der Waals surface area (Å²) >= 11 is 6.67. The molecule has 1 aromatic rings. The zero-order valence-corrected chi connectivity index (χ0v) is 12.1. The largest absolute Gasteiger partial charge is 0.465 e. The van der Waals surface area contributed by atoms with Crippen molar-refractivity contribution in [3.8, 4) is 0 Å². The monoisotopic (exact) mass is 350 g/mol. The lowest BCUT2D eigenvalue weighted by Gasteiger charge is -2.15. The highest BCUT2D eigenvalue weighted by atomic mass is 79.9. The number of nitrogens with one attached hydrogen (secondary N) is 1. The maximum Gasteiger partial charge on any atom is 0.329 e. The molecule has 0 fully saturated rings. The van der Waals surface area contributed by atoms with Crippen LogP contribution in [0.4, 0.5) is 0 Å². The molecule has 88 valence electrons. The first-order valence-electron chi connectivity index (χ1n) is 4.75. The Morgan fingerprint density at radius 3 is 2.81 bits per heavy atom. The molecule has 0 amide bonds. The smallest absolute Gasteiger partial charge is 0.329 e. The summed E-state index contributed by atoms with van der Waals surface area (Å²) in [4.78, 5) is 15.8. The predicted octanol–water partition coefficient (Wildman–Crippen LogP) is 2.43. The van der Waals surface area contributed by atoms with E-state index < -0.39 is 6.04 Å². The minimum absolute atomic E-state index is 0.333. The lowest BCUT2D eigenvalue weighted by molar-refractivity contribution is -0.145. The average molecular weight is 352 g/mol. The Morgan fingerprint density at radius 1 is 1.62 bits per heavy atom. The van der Waals surface area contributed by atoms with Crippen LogP contribution in [0.2, 0.25) is 0 Å². The molecule has 4 nitrogen and oxygen atoms in total. The van der Waals surface area contributed by atoms with Crippen molar-refractivity contribution in [2.24, 2.45) is 0 Å². The van der Waals surface area contributed by atoms with Crippen LogP contribution in [0.15, 0.2) is 21.2 Å². The molecule has 0 saturated heterocycles. The summed E-state index contributed by atoms with van der Waals surface area (Å²) in [6.07, 6.45) is 1.64. The number of rotatable bonds is 4. The van der Waals surface area contributed by atoms with Gasteiger partial charge in [0.2, 0.25) is 0 Å². The molecule has 1 atom stereocenters. The summed E-state index contributed by atoms with van der Waals surface area (Å²) in [5.41, 5.74) is 0.615. The number of hydrogen-bond acceptors (Lipinski definition) is 4. The van der Waals surface area contributed by atoms with Crippen molar-refractivity contribution in [3.05, 3.63) is 26.9 Å². The lowest BCUT2D eigenvalue weighted by Crippen LogP contribution is -2.28. The Bertz CT molecular complexity index is 385. The first kappa shape index (κ1) is 13.6. The third kappa shape index (κ3) is 3.26. The molecule has 0 spiro atoms. The van der Waals surface area contributed by atoms with Gasteiger partial charge in [0.1, 0.15) is 6.04 Å². The fourth-order valence-corrected chi connectivity index (χ4v) is 2.45. The number of aromatic nitrogens is 1. The molecule has 1 rings (SSSR count). The Morgan fingerprint density at radius 2 is 2.31 bits per heavy atom. The topological polar surface area (TPSA) is 51.2 Å². The second-order valence-electron chi connectivity index (χ2n) is 2.99. The van der Waals surface area contributed by atoms with Crippen molar-refractivity contribution in [1.29, 1.82) is 0 Å². The van der Waals surface area contributed by atoms with Crippen LogP contribution in [0.3, 0.4) is 0 Å². The molecule has 1 N–H and O–H groups in total. The second kappa shape index (κ2) is 6.32. The zero-order chi connectivity index (χ0) is 12.1. The van der Waals surface area contributed by atoms with Crippen LogP contribution < -0.4 is 5.32 Å². The first-order chi connectivity index (χ1) is 7.60. The van der Waals surface area contributed by atoms with Gasteiger partial charge in [-0.2, -0.15) is 0 Å². The van der Waals surface area contributed by atoms with E-state index in [4.69, 9.17) is 4.74 Å². The molecule has 0 radical (unpaired) electrons. The van der Waals surface area contributed by atoms with Gasteiger partial charge in [0.25, 0.3) is 0 Å². The fraction of sp³-hybridized carbons (Fsp3) is 0.400. The SMILES string of the molecule is CCOC(=O)C(NC)c1ncc(Br)cc1Br. The normalized spacial score (nSPS) is 12.2. The van der Waals surface area contributed by atoms with E-state index in [1.54, 1.807) is 20.2 Å². The van der Waals surface area contributed by atoms with Gasteiger partial charge in [-0.15, -0.1) is 0 Å². The third-order valence-corrected chi connectivity index (χ3v) is 2.99. The van der Waals surface area contributed by atoms with E-state index in [-0.39, 0.29) is 5.97 Å². The predicted molar refractivity (Wildman–Crippen MR) is 68.1 cm³/mol. The van der Waals surface area contributed by atoms with Crippen LogP contribution in [-0.2, 0) is 9.53 Å². The Kier molecular flexibility index (Phi) is 5.37. The fourth-order valence-electron chi connectivity index (χ4n) is 1.23. The molecule has 16 heavy (non-hydrogen) atoms. The van der Waals surface area contributed by atoms with Crippen molar-refractivity contribution < 1.29 is 9.53 Å². The number of esters is 1. The van der Waals surface area contributed by atoms with E-state index >= 15 is 0 Å². The molecule has 1 heterocycles. The van der Waals surface area contributed by atoms with E-state index in [2.05, 4.69) is 42.2 Å². The molecule has 0 bridgehead atoms. The maximum atomic E-state index is 11.7. The number of carbonyl (C=O) groups is 1. The minimum Gasteiger partial charge on any atom is -0.465 e. The Labute approximate surface area is 111 Å². The van der Waals surface area contributed by atoms with E-state index in [1.807, 2.05) is 6.07 Å². The number of carbonyl (C=O) groups excluding carboxylic acids is 1. The maximum absolute atomic E-state index is 11.7. The molecule has 1 unspecified atom stereocenters. The van der Waals surface area contributed by atoms with Gasteiger partial charge in [0.05, 0.1) is 12.3 Å². The summed E-state index contributed by atoms with van der Waals surface area (Å²) < 4.78 is 6.57. The van der Waals surface area contributed by atoms with E-state index in [0.717, 1.165) is 8.95 Å². The van der Waals surface area contributed by atoms with Crippen LogP contribution in [0.1, 0.15) is 18.7 Å². The quantitative estimate of drug-likeness (QED) is 0.846. The second-order valence-corrected chi connectivity index (χ2v) is 4.76. The molecule has 0 saturated carbocycles. The van der Waals surface area contributed by atoms with Gasteiger partial charge in [-0.25, -0.2) is 4.79 Å². The highest BCUT2D eigenvalue weighted by Crippen LogP contribution is 2.25. The van der Waals surface area contributed by atoms with Crippen LogP contribution in [-0.4, -0.2) is 24.6 Å². The van der Waals surface area contributed by atoms with Crippen LogP contribution >= 0.6 is 31.9 Å². The summed E-state index contributed by atoms with van der Waals surface area (Å²) in [6.45, 7) is 2.12. The molecule has 0 aromatic carbocycles. The van der Waals surface area contributed by atoms with Crippen LogP contribution in [0, 0.1) is 0 Å². The van der Waals surface area contributed by atoms with Gasteiger partial charge < -0.3 is 10.1 Å². The summed E-state index contributed by atoms with van der Waals surface area (Å²) in [5.74, 6) is -0.333. The van der Waals surface area contributed by atoms with Crippen molar-refractivity contribution in [2.45, 2.75) is 13.0 Å². The van der Waals surface area contributed by atoms with Gasteiger partial charge in [0.15, 0.2) is 0 Å². The molecular weight excluding hydrogens is 340 g/mol. The minimum atomic E-state index is -0.553. The molecule has 0 aliphatic heterocycles. The third-order valence-electron chi connectivity index (χ3n) is 1.92. The van der Waals surface area contributed by atoms with Crippen molar-refractivity contribution in [3.63, 3.8) is 0 Å². The summed E-state index contributed by atoms with van der Waals surface area (Å²) in [7, 11) is 1.69. The summed E-state index contributed by atoms with van der Waals surface area (Å²) in [5, 5.41) is 2.88. The Hall–Kier alpha value is -0.460. The molecule has 1 aromatic heterocycles. The van der Waals surface area contributed by atoms with Gasteiger partial charge in [0, 0.05) is 15.1 Å². The zero-order valence-electron chi connectivity index (χ0n) is 8.96. The van der Waals surface area contributed by atoms with Gasteiger partial charge in [-0.1, -0.05) is 0 Å². The molecule has 6 heteroatoms. The lowest BCUT2D eigenvalue weighted by atomic mass is 10.2. The number of hydrogen-bond donors (Lipinski definition) is 1. The molecule has 0 aliphatic carbocycles. The van der Waals surface area contributed by atoms with Crippen molar-refractivity contribution in [2.75, 3.05) is 13.7 Å². The molecular formula is C10H12Br2N2O2. The van der Waals surface area contributed by atoms with Crippen molar-refractivity contribution in [1.82, 2.24) is 10.3 Å². The standard InChI is InChI=1S/C10H12Br2N2O2/c1-3-16-10(15)9(13-2)8-7(12)4-6(11)5-14-8/h4-5,9,13H,3H2,1-2H3. The number of ether oxygens (including phenoxy) is 1. The van der Waals surface area contributed by atoms with Gasteiger partial charge in [-0.05, 0) is 51.9 Å². The van der Waals surface area contributed by atoms with Crippen LogP contribution in [0.25, 0.3) is 0 Å². The highest BCUT2D eigenvalue weighted by Gasteiger charge is 2.23. The van der Waals surface area contributed by atoms with Gasteiger partial charge in [-0.3, -0.25) is 4.98 Å².